The van der Waals surface area contributed by atoms with Gasteiger partial charge in [-0.3, -0.25) is 0 Å². The molecular weight excluding hydrogens is 348 g/mol. The Morgan fingerprint density at radius 1 is 1.22 bits per heavy atom. The van der Waals surface area contributed by atoms with Gasteiger partial charge in [-0.05, 0) is 31.5 Å². The monoisotopic (exact) mass is 376 g/mol. The fourth-order valence-electron chi connectivity index (χ4n) is 3.17. The first kappa shape index (κ1) is 19.7. The van der Waals surface area contributed by atoms with E-state index in [1.165, 1.54) is 0 Å². The van der Waals surface area contributed by atoms with E-state index in [0.717, 1.165) is 22.6 Å². The van der Waals surface area contributed by atoms with Crippen LogP contribution in [0.5, 0.6) is 11.5 Å². The molecule has 1 aliphatic heterocycles. The van der Waals surface area contributed by atoms with Crippen LogP contribution in [0, 0.1) is 13.8 Å². The Bertz CT molecular complexity index is 733. The van der Waals surface area contributed by atoms with Gasteiger partial charge in [-0.2, -0.15) is 0 Å². The third kappa shape index (κ3) is 5.00. The zero-order valence-corrected chi connectivity index (χ0v) is 16.2. The normalized spacial score (nSPS) is 16.3. The van der Waals surface area contributed by atoms with Crippen LogP contribution in [0.4, 0.5) is 0 Å². The molecule has 0 aliphatic carbocycles. The number of hydrogen-bond donors (Lipinski definition) is 2. The van der Waals surface area contributed by atoms with Crippen LogP contribution in [-0.4, -0.2) is 42.7 Å². The highest BCUT2D eigenvalue weighted by Crippen LogP contribution is 2.29. The second-order valence-corrected chi connectivity index (χ2v) is 7.02. The van der Waals surface area contributed by atoms with Crippen molar-refractivity contribution in [3.05, 3.63) is 40.8 Å². The molecule has 148 valence electrons. The molecule has 0 spiro atoms. The van der Waals surface area contributed by atoms with E-state index in [4.69, 9.17) is 18.7 Å². The molecule has 2 aromatic rings. The Kier molecular flexibility index (Phi) is 6.36. The van der Waals surface area contributed by atoms with Gasteiger partial charge in [0, 0.05) is 39.1 Å². The van der Waals surface area contributed by atoms with Crippen LogP contribution in [0.1, 0.15) is 35.4 Å². The maximum absolute atomic E-state index is 10.5. The quantitative estimate of drug-likeness (QED) is 0.732. The highest BCUT2D eigenvalue weighted by atomic mass is 16.5. The molecule has 7 heteroatoms. The van der Waals surface area contributed by atoms with Gasteiger partial charge < -0.3 is 29.2 Å². The van der Waals surface area contributed by atoms with Crippen molar-refractivity contribution >= 4 is 0 Å². The molecule has 1 saturated heterocycles. The second-order valence-electron chi connectivity index (χ2n) is 7.02. The van der Waals surface area contributed by atoms with Crippen molar-refractivity contribution in [2.24, 2.45) is 0 Å². The van der Waals surface area contributed by atoms with Gasteiger partial charge in [0.1, 0.15) is 12.4 Å². The average molecular weight is 376 g/mol. The van der Waals surface area contributed by atoms with E-state index in [9.17, 15) is 5.11 Å². The van der Waals surface area contributed by atoms with Crippen LogP contribution in [0.3, 0.4) is 0 Å². The van der Waals surface area contributed by atoms with Crippen molar-refractivity contribution in [3.63, 3.8) is 0 Å². The van der Waals surface area contributed by atoms with Gasteiger partial charge in [0.15, 0.2) is 11.5 Å². The van der Waals surface area contributed by atoms with Crippen molar-refractivity contribution in [1.82, 2.24) is 10.5 Å². The summed E-state index contributed by atoms with van der Waals surface area (Å²) in [4.78, 5) is 0. The van der Waals surface area contributed by atoms with E-state index in [-0.39, 0.29) is 0 Å². The van der Waals surface area contributed by atoms with Crippen LogP contribution in [0.15, 0.2) is 22.7 Å². The maximum Gasteiger partial charge on any atom is 0.161 e. The molecular formula is C20H28N2O5. The largest absolute Gasteiger partial charge is 0.493 e. The Labute approximate surface area is 159 Å². The minimum absolute atomic E-state index is 0.379. The van der Waals surface area contributed by atoms with Gasteiger partial charge in [0.05, 0.1) is 24.0 Å². The molecule has 0 atom stereocenters. The zero-order chi connectivity index (χ0) is 19.3. The smallest absolute Gasteiger partial charge is 0.161 e. The molecule has 0 saturated carbocycles. The zero-order valence-electron chi connectivity index (χ0n) is 16.2. The van der Waals surface area contributed by atoms with Crippen molar-refractivity contribution < 1.29 is 23.8 Å². The fourth-order valence-corrected chi connectivity index (χ4v) is 3.17. The summed E-state index contributed by atoms with van der Waals surface area (Å²) in [5.74, 6) is 2.11. The molecule has 0 radical (unpaired) electrons. The molecule has 7 nitrogen and oxygen atoms in total. The predicted octanol–water partition coefficient (Wildman–Crippen LogP) is 2.51. The third-order valence-corrected chi connectivity index (χ3v) is 4.99. The molecule has 1 aliphatic rings. The van der Waals surface area contributed by atoms with Gasteiger partial charge in [-0.15, -0.1) is 0 Å². The summed E-state index contributed by atoms with van der Waals surface area (Å²) < 4.78 is 21.9. The number of nitrogens with zero attached hydrogens (tertiary/aromatic N) is 1. The van der Waals surface area contributed by atoms with Crippen molar-refractivity contribution in [3.8, 4) is 11.5 Å². The lowest BCUT2D eigenvalue weighted by Gasteiger charge is -2.32. The van der Waals surface area contributed by atoms with E-state index in [1.807, 2.05) is 32.0 Å². The summed E-state index contributed by atoms with van der Waals surface area (Å²) in [5.41, 5.74) is 2.16. The first-order valence-electron chi connectivity index (χ1n) is 9.23. The number of aryl methyl sites for hydroxylation is 2. The van der Waals surface area contributed by atoms with E-state index >= 15 is 0 Å². The number of ether oxygens (including phenoxy) is 3. The molecule has 1 aromatic carbocycles. The van der Waals surface area contributed by atoms with Crippen LogP contribution in [0.25, 0.3) is 0 Å². The lowest BCUT2D eigenvalue weighted by Crippen LogP contribution is -2.44. The van der Waals surface area contributed by atoms with Crippen LogP contribution in [0.2, 0.25) is 0 Å². The van der Waals surface area contributed by atoms with Gasteiger partial charge >= 0.3 is 0 Å². The Hall–Kier alpha value is -2.09. The number of methoxy groups -OCH3 is 1. The topological polar surface area (TPSA) is 86.0 Å². The van der Waals surface area contributed by atoms with Gasteiger partial charge in [0.2, 0.25) is 0 Å². The molecule has 27 heavy (non-hydrogen) atoms. The first-order chi connectivity index (χ1) is 13.0. The summed E-state index contributed by atoms with van der Waals surface area (Å²) in [6.07, 6.45) is 1.33. The molecule has 2 heterocycles. The fraction of sp³-hybridized carbons (Fsp3) is 0.550. The lowest BCUT2D eigenvalue weighted by atomic mass is 9.94. The summed E-state index contributed by atoms with van der Waals surface area (Å²) in [6.45, 7) is 6.56. The molecule has 1 aromatic heterocycles. The predicted molar refractivity (Wildman–Crippen MR) is 100 cm³/mol. The van der Waals surface area contributed by atoms with Gasteiger partial charge in [-0.25, -0.2) is 0 Å². The van der Waals surface area contributed by atoms with Crippen LogP contribution < -0.4 is 14.8 Å². The summed E-state index contributed by atoms with van der Waals surface area (Å²) >= 11 is 0. The van der Waals surface area contributed by atoms with E-state index in [0.29, 0.717) is 57.3 Å². The van der Waals surface area contributed by atoms with E-state index in [1.54, 1.807) is 7.11 Å². The van der Waals surface area contributed by atoms with Crippen LogP contribution >= 0.6 is 0 Å². The second kappa shape index (κ2) is 8.73. The number of benzene rings is 1. The standard InChI is InChI=1S/C20H28N2O5/c1-14-17(15(2)27-22-14)12-26-18-5-4-16(10-19(18)24-3)11-21-13-20(23)6-8-25-9-7-20/h4-5,10,21,23H,6-9,11-13H2,1-3H3. The summed E-state index contributed by atoms with van der Waals surface area (Å²) in [7, 11) is 1.63. The molecule has 3 rings (SSSR count). The summed E-state index contributed by atoms with van der Waals surface area (Å²) in [5, 5.41) is 17.8. The third-order valence-electron chi connectivity index (χ3n) is 4.99. The molecule has 0 unspecified atom stereocenters. The highest BCUT2D eigenvalue weighted by molar-refractivity contribution is 5.43. The SMILES string of the molecule is COc1cc(CNCC2(O)CCOCC2)ccc1OCc1c(C)noc1C. The van der Waals surface area contributed by atoms with Crippen molar-refractivity contribution in [2.45, 2.75) is 45.4 Å². The minimum atomic E-state index is -0.681. The van der Waals surface area contributed by atoms with Crippen molar-refractivity contribution in [1.29, 1.82) is 0 Å². The van der Waals surface area contributed by atoms with E-state index in [2.05, 4.69) is 10.5 Å². The van der Waals surface area contributed by atoms with Crippen molar-refractivity contribution in [2.75, 3.05) is 26.9 Å². The Balaban J connectivity index is 1.57. The number of rotatable bonds is 8. The highest BCUT2D eigenvalue weighted by Gasteiger charge is 2.29. The Morgan fingerprint density at radius 2 is 2.00 bits per heavy atom. The number of nitrogens with one attached hydrogen (secondary N) is 1. The van der Waals surface area contributed by atoms with Gasteiger partial charge in [0.25, 0.3) is 0 Å². The summed E-state index contributed by atoms with van der Waals surface area (Å²) in [6, 6.07) is 5.84. The van der Waals surface area contributed by atoms with Crippen LogP contribution in [-0.2, 0) is 17.9 Å². The first-order valence-corrected chi connectivity index (χ1v) is 9.23. The molecule has 2 N–H and O–H groups in total. The molecule has 0 bridgehead atoms. The number of hydrogen-bond acceptors (Lipinski definition) is 7. The Morgan fingerprint density at radius 3 is 2.67 bits per heavy atom. The minimum Gasteiger partial charge on any atom is -0.493 e. The molecule has 0 amide bonds. The van der Waals surface area contributed by atoms with Gasteiger partial charge in [-0.1, -0.05) is 11.2 Å². The van der Waals surface area contributed by atoms with E-state index < -0.39 is 5.60 Å². The number of aliphatic hydroxyl groups is 1. The maximum atomic E-state index is 10.5. The molecule has 1 fully saturated rings. The lowest BCUT2D eigenvalue weighted by molar-refractivity contribution is -0.0617. The average Bonchev–Trinajstić information content (AvgIpc) is 2.99. The number of aromatic nitrogens is 1.